The number of benzene rings is 1. The SMILES string of the molecule is CCCCNS(=O)(=O)NC(=O)C=Cc1c(C)nn(C)c1-n1nc(Cl)c2ccccc21. The molecule has 0 aliphatic heterocycles. The second-order valence-electron chi connectivity index (χ2n) is 6.72. The average molecular weight is 451 g/mol. The number of halogens is 1. The molecule has 0 unspecified atom stereocenters. The monoisotopic (exact) mass is 450 g/mol. The van der Waals surface area contributed by atoms with Crippen LogP contribution in [-0.2, 0) is 22.1 Å². The lowest BCUT2D eigenvalue weighted by molar-refractivity contribution is -0.114. The van der Waals surface area contributed by atoms with Crippen LogP contribution in [0, 0.1) is 6.92 Å². The highest BCUT2D eigenvalue weighted by atomic mass is 35.5. The van der Waals surface area contributed by atoms with E-state index in [0.717, 1.165) is 23.4 Å². The van der Waals surface area contributed by atoms with Crippen LogP contribution in [0.15, 0.2) is 30.3 Å². The van der Waals surface area contributed by atoms with Crippen molar-refractivity contribution in [1.82, 2.24) is 29.0 Å². The number of hydrogen-bond acceptors (Lipinski definition) is 5. The van der Waals surface area contributed by atoms with Gasteiger partial charge in [0.15, 0.2) is 11.0 Å². The maximum Gasteiger partial charge on any atom is 0.301 e. The number of unbranched alkanes of at least 4 members (excludes halogenated alkanes) is 1. The molecule has 2 N–H and O–H groups in total. The molecule has 1 amide bonds. The Hall–Kier alpha value is -2.69. The summed E-state index contributed by atoms with van der Waals surface area (Å²) < 4.78 is 31.4. The molecule has 0 aliphatic rings. The average Bonchev–Trinajstić information content (AvgIpc) is 3.15. The largest absolute Gasteiger partial charge is 0.301 e. The van der Waals surface area contributed by atoms with E-state index in [0.29, 0.717) is 28.6 Å². The van der Waals surface area contributed by atoms with Gasteiger partial charge < -0.3 is 0 Å². The van der Waals surface area contributed by atoms with E-state index < -0.39 is 16.1 Å². The minimum atomic E-state index is -3.91. The van der Waals surface area contributed by atoms with E-state index in [9.17, 15) is 13.2 Å². The van der Waals surface area contributed by atoms with Gasteiger partial charge in [-0.05, 0) is 31.6 Å². The van der Waals surface area contributed by atoms with Crippen LogP contribution in [0.1, 0.15) is 31.0 Å². The van der Waals surface area contributed by atoms with Gasteiger partial charge in [0.2, 0.25) is 0 Å². The van der Waals surface area contributed by atoms with E-state index in [-0.39, 0.29) is 6.54 Å². The highest BCUT2D eigenvalue weighted by molar-refractivity contribution is 7.88. The summed E-state index contributed by atoms with van der Waals surface area (Å²) in [5.41, 5.74) is 2.05. The minimum Gasteiger partial charge on any atom is -0.269 e. The summed E-state index contributed by atoms with van der Waals surface area (Å²) in [5, 5.41) is 9.94. The Labute approximate surface area is 179 Å². The van der Waals surface area contributed by atoms with E-state index in [4.69, 9.17) is 11.6 Å². The van der Waals surface area contributed by atoms with Crippen molar-refractivity contribution in [2.24, 2.45) is 7.05 Å². The molecule has 0 radical (unpaired) electrons. The number of nitrogens with one attached hydrogen (secondary N) is 2. The van der Waals surface area contributed by atoms with Crippen LogP contribution < -0.4 is 9.44 Å². The summed E-state index contributed by atoms with van der Waals surface area (Å²) >= 11 is 6.27. The Bertz CT molecular complexity index is 1210. The standard InChI is InChI=1S/C19H23ClN6O3S/c1-4-5-12-21-30(28,29)24-17(27)11-10-14-13(2)22-25(3)19(14)26-16-9-7-6-8-15(16)18(20)23-26/h6-11,21H,4-5,12H2,1-3H3,(H,24,27). The van der Waals surface area contributed by atoms with Crippen molar-refractivity contribution in [3.8, 4) is 5.82 Å². The van der Waals surface area contributed by atoms with Crippen molar-refractivity contribution in [1.29, 1.82) is 0 Å². The molecular formula is C19H23ClN6O3S. The van der Waals surface area contributed by atoms with Crippen LogP contribution in [-0.4, -0.2) is 40.4 Å². The lowest BCUT2D eigenvalue weighted by Crippen LogP contribution is -2.39. The maximum absolute atomic E-state index is 12.2. The van der Waals surface area contributed by atoms with Crippen molar-refractivity contribution in [2.75, 3.05) is 6.54 Å². The number of aromatic nitrogens is 4. The fourth-order valence-electron chi connectivity index (χ4n) is 3.04. The summed E-state index contributed by atoms with van der Waals surface area (Å²) in [7, 11) is -2.15. The summed E-state index contributed by atoms with van der Waals surface area (Å²) in [5.74, 6) is -0.167. The number of rotatable bonds is 8. The molecule has 0 saturated carbocycles. The van der Waals surface area contributed by atoms with Gasteiger partial charge in [-0.3, -0.25) is 9.48 Å². The van der Waals surface area contributed by atoms with E-state index in [1.807, 2.05) is 35.9 Å². The number of carbonyl (C=O) groups is 1. The first-order valence-electron chi connectivity index (χ1n) is 9.40. The highest BCUT2D eigenvalue weighted by Crippen LogP contribution is 2.28. The zero-order valence-electron chi connectivity index (χ0n) is 16.9. The summed E-state index contributed by atoms with van der Waals surface area (Å²) in [4.78, 5) is 12.2. The molecule has 9 nitrogen and oxygen atoms in total. The molecular weight excluding hydrogens is 428 g/mol. The Morgan fingerprint density at radius 1 is 1.27 bits per heavy atom. The molecule has 30 heavy (non-hydrogen) atoms. The first-order valence-corrected chi connectivity index (χ1v) is 11.3. The van der Waals surface area contributed by atoms with Crippen molar-refractivity contribution in [3.05, 3.63) is 46.8 Å². The number of aryl methyl sites for hydroxylation is 2. The van der Waals surface area contributed by atoms with Crippen LogP contribution >= 0.6 is 11.6 Å². The van der Waals surface area contributed by atoms with Crippen molar-refractivity contribution in [2.45, 2.75) is 26.7 Å². The Morgan fingerprint density at radius 2 is 2.00 bits per heavy atom. The van der Waals surface area contributed by atoms with Gasteiger partial charge in [0.1, 0.15) is 0 Å². The smallest absolute Gasteiger partial charge is 0.269 e. The van der Waals surface area contributed by atoms with Gasteiger partial charge >= 0.3 is 10.2 Å². The molecule has 11 heteroatoms. The topological polar surface area (TPSA) is 111 Å². The molecule has 0 bridgehead atoms. The quantitative estimate of drug-likeness (QED) is 0.404. The third-order valence-corrected chi connectivity index (χ3v) is 5.77. The maximum atomic E-state index is 12.2. The molecule has 3 rings (SSSR count). The fourth-order valence-corrected chi connectivity index (χ4v) is 4.10. The summed E-state index contributed by atoms with van der Waals surface area (Å²) in [6.45, 7) is 4.00. The molecule has 0 fully saturated rings. The summed E-state index contributed by atoms with van der Waals surface area (Å²) in [6, 6.07) is 7.49. The van der Waals surface area contributed by atoms with Crippen molar-refractivity contribution in [3.63, 3.8) is 0 Å². The second-order valence-corrected chi connectivity index (χ2v) is 8.57. The third kappa shape index (κ3) is 4.72. The van der Waals surface area contributed by atoms with Crippen LogP contribution in [0.2, 0.25) is 5.15 Å². The molecule has 0 atom stereocenters. The first kappa shape index (κ1) is 22.0. The molecule has 0 spiro atoms. The summed E-state index contributed by atoms with van der Waals surface area (Å²) in [6.07, 6.45) is 4.19. The number of amides is 1. The molecule has 160 valence electrons. The van der Waals surface area contributed by atoms with Gasteiger partial charge in [-0.15, -0.1) is 0 Å². The van der Waals surface area contributed by atoms with Gasteiger partial charge in [0.05, 0.1) is 11.2 Å². The van der Waals surface area contributed by atoms with Crippen molar-refractivity contribution >= 4 is 44.7 Å². The van der Waals surface area contributed by atoms with Crippen molar-refractivity contribution < 1.29 is 13.2 Å². The normalized spacial score (nSPS) is 12.1. The Kier molecular flexibility index (Phi) is 6.59. The number of carbonyl (C=O) groups excluding carboxylic acids is 1. The zero-order valence-corrected chi connectivity index (χ0v) is 18.5. The van der Waals surface area contributed by atoms with Crippen LogP contribution in [0.25, 0.3) is 22.8 Å². The molecule has 1 aromatic carbocycles. The lowest BCUT2D eigenvalue weighted by Gasteiger charge is -2.07. The zero-order chi connectivity index (χ0) is 21.9. The molecule has 2 heterocycles. The number of fused-ring (bicyclic) bond motifs is 1. The predicted molar refractivity (Wildman–Crippen MR) is 117 cm³/mol. The predicted octanol–water partition coefficient (Wildman–Crippen LogP) is 2.48. The van der Waals surface area contributed by atoms with Gasteiger partial charge in [0, 0.05) is 30.6 Å². The molecule has 2 aromatic heterocycles. The van der Waals surface area contributed by atoms with Gasteiger partial charge in [-0.1, -0.05) is 37.1 Å². The van der Waals surface area contributed by atoms with E-state index >= 15 is 0 Å². The van der Waals surface area contributed by atoms with Crippen LogP contribution in [0.4, 0.5) is 0 Å². The minimum absolute atomic E-state index is 0.266. The Balaban J connectivity index is 1.90. The van der Waals surface area contributed by atoms with Gasteiger partial charge in [0.25, 0.3) is 5.91 Å². The van der Waals surface area contributed by atoms with Gasteiger partial charge in [-0.2, -0.15) is 23.3 Å². The van der Waals surface area contributed by atoms with E-state index in [2.05, 4.69) is 14.9 Å². The van der Waals surface area contributed by atoms with Gasteiger partial charge in [-0.25, -0.2) is 9.40 Å². The molecule has 0 saturated heterocycles. The lowest BCUT2D eigenvalue weighted by atomic mass is 10.2. The Morgan fingerprint density at radius 3 is 2.73 bits per heavy atom. The van der Waals surface area contributed by atoms with Crippen LogP contribution in [0.3, 0.4) is 0 Å². The molecule has 3 aromatic rings. The number of hydrogen-bond donors (Lipinski definition) is 2. The number of nitrogens with zero attached hydrogens (tertiary/aromatic N) is 4. The highest BCUT2D eigenvalue weighted by Gasteiger charge is 2.19. The molecule has 0 aliphatic carbocycles. The van der Waals surface area contributed by atoms with E-state index in [1.165, 1.54) is 6.08 Å². The van der Waals surface area contributed by atoms with E-state index in [1.54, 1.807) is 23.3 Å². The van der Waals surface area contributed by atoms with Crippen LogP contribution in [0.5, 0.6) is 0 Å². The second kappa shape index (κ2) is 8.99. The third-order valence-electron chi connectivity index (χ3n) is 4.44. The number of para-hydroxylation sites is 1. The first-order chi connectivity index (χ1) is 14.2. The fraction of sp³-hybridized carbons (Fsp3) is 0.316.